The van der Waals surface area contributed by atoms with Gasteiger partial charge in [0.1, 0.15) is 0 Å². The van der Waals surface area contributed by atoms with Crippen molar-refractivity contribution in [1.82, 2.24) is 5.32 Å². The lowest BCUT2D eigenvalue weighted by molar-refractivity contribution is 0.0923. The first-order chi connectivity index (χ1) is 17.6. The van der Waals surface area contributed by atoms with Crippen molar-refractivity contribution in [3.8, 4) is 23.0 Å². The molecule has 7 nitrogen and oxygen atoms in total. The molecule has 6 rings (SSSR count). The van der Waals surface area contributed by atoms with E-state index in [1.807, 2.05) is 30.3 Å². The average molecular weight is 494 g/mol. The molecule has 0 radical (unpaired) electrons. The number of benzene rings is 2. The van der Waals surface area contributed by atoms with E-state index in [9.17, 15) is 4.79 Å². The Morgan fingerprint density at radius 2 is 1.50 bits per heavy atom. The third-order valence-corrected chi connectivity index (χ3v) is 7.85. The van der Waals surface area contributed by atoms with Crippen LogP contribution in [0.15, 0.2) is 36.4 Å². The molecular weight excluding hydrogens is 458 g/mol. The lowest BCUT2D eigenvalue weighted by Gasteiger charge is -2.31. The number of hydrogen-bond donors (Lipinski definition) is 1. The minimum atomic E-state index is -0.102. The average Bonchev–Trinajstić information content (AvgIpc) is 3.74. The van der Waals surface area contributed by atoms with E-state index in [1.165, 1.54) is 25.7 Å². The van der Waals surface area contributed by atoms with Gasteiger partial charge in [-0.25, -0.2) is 0 Å². The summed E-state index contributed by atoms with van der Waals surface area (Å²) in [5, 5.41) is 3.30. The van der Waals surface area contributed by atoms with Gasteiger partial charge in [-0.05, 0) is 86.3 Å². The van der Waals surface area contributed by atoms with E-state index in [4.69, 9.17) is 23.7 Å². The summed E-state index contributed by atoms with van der Waals surface area (Å²) in [5.41, 5.74) is 1.70. The molecule has 1 amide bonds. The third-order valence-electron chi connectivity index (χ3n) is 7.85. The highest BCUT2D eigenvalue weighted by Gasteiger charge is 2.49. The molecule has 0 aromatic heterocycles. The fourth-order valence-corrected chi connectivity index (χ4v) is 5.15. The maximum absolute atomic E-state index is 13.4. The second kappa shape index (κ2) is 9.85. The minimum absolute atomic E-state index is 0.0408. The van der Waals surface area contributed by atoms with Gasteiger partial charge in [0.05, 0.1) is 39.6 Å². The quantitative estimate of drug-likeness (QED) is 0.456. The summed E-state index contributed by atoms with van der Waals surface area (Å²) >= 11 is 0. The largest absolute Gasteiger partial charge is 0.493 e. The third kappa shape index (κ3) is 5.26. The normalized spacial score (nSPS) is 26.5. The monoisotopic (exact) mass is 493 g/mol. The zero-order valence-corrected chi connectivity index (χ0v) is 21.0. The molecule has 3 aliphatic carbocycles. The molecule has 2 aromatic carbocycles. The van der Waals surface area contributed by atoms with Crippen LogP contribution >= 0.6 is 0 Å². The number of amides is 1. The van der Waals surface area contributed by atoms with Gasteiger partial charge in [0.25, 0.3) is 5.91 Å². The van der Waals surface area contributed by atoms with Gasteiger partial charge in [-0.15, -0.1) is 0 Å². The molecule has 3 saturated carbocycles. The van der Waals surface area contributed by atoms with Gasteiger partial charge in [-0.1, -0.05) is 6.07 Å². The Kier molecular flexibility index (Phi) is 6.42. The number of ether oxygens (including phenoxy) is 5. The van der Waals surface area contributed by atoms with Gasteiger partial charge in [0, 0.05) is 17.5 Å². The number of fused-ring (bicyclic) bond motifs is 1. The fourth-order valence-electron chi connectivity index (χ4n) is 5.15. The minimum Gasteiger partial charge on any atom is -0.493 e. The fraction of sp³-hybridized carbons (Fsp3) is 0.552. The zero-order valence-electron chi connectivity index (χ0n) is 21.0. The number of carbonyl (C=O) groups is 1. The van der Waals surface area contributed by atoms with E-state index >= 15 is 0 Å². The SMILES string of the molecule is COc1ccc(C2CC3OC3CC2NC(=O)c2ccc(OCC3CC3)c(OCC3CC3)c2)cc1OC. The van der Waals surface area contributed by atoms with E-state index < -0.39 is 0 Å². The summed E-state index contributed by atoms with van der Waals surface area (Å²) in [6.07, 6.45) is 7.03. The molecule has 4 aliphatic rings. The number of epoxide rings is 1. The molecule has 1 aliphatic heterocycles. The first-order valence-corrected chi connectivity index (χ1v) is 13.2. The highest BCUT2D eigenvalue weighted by molar-refractivity contribution is 5.95. The van der Waals surface area contributed by atoms with Gasteiger partial charge in [0.15, 0.2) is 23.0 Å². The van der Waals surface area contributed by atoms with Crippen LogP contribution in [0.3, 0.4) is 0 Å². The maximum atomic E-state index is 13.4. The van der Waals surface area contributed by atoms with Crippen LogP contribution in [0.4, 0.5) is 0 Å². The molecule has 1 saturated heterocycles. The highest BCUT2D eigenvalue weighted by Crippen LogP contribution is 2.45. The smallest absolute Gasteiger partial charge is 0.251 e. The predicted octanol–water partition coefficient (Wildman–Crippen LogP) is 4.72. The molecule has 0 spiro atoms. The van der Waals surface area contributed by atoms with Crippen LogP contribution in [0.25, 0.3) is 0 Å². The number of carbonyl (C=O) groups excluding carboxylic acids is 1. The topological polar surface area (TPSA) is 78.6 Å². The first kappa shape index (κ1) is 23.5. The summed E-state index contributed by atoms with van der Waals surface area (Å²) in [7, 11) is 3.28. The molecule has 4 atom stereocenters. The molecule has 36 heavy (non-hydrogen) atoms. The predicted molar refractivity (Wildman–Crippen MR) is 134 cm³/mol. The van der Waals surface area contributed by atoms with E-state index in [2.05, 4.69) is 11.4 Å². The van der Waals surface area contributed by atoms with Gasteiger partial charge in [-0.3, -0.25) is 4.79 Å². The molecule has 4 unspecified atom stereocenters. The van der Waals surface area contributed by atoms with Gasteiger partial charge in [-0.2, -0.15) is 0 Å². The standard InChI is InChI=1S/C29H35NO6/c1-32-23-9-7-19(11-25(23)33-2)21-13-27-28(36-27)14-22(21)30-29(31)20-8-10-24(34-15-17-3-4-17)26(12-20)35-16-18-5-6-18/h7-12,17-18,21-22,27-28H,3-6,13-16H2,1-2H3,(H,30,31). The van der Waals surface area contributed by atoms with E-state index in [1.54, 1.807) is 14.2 Å². The van der Waals surface area contributed by atoms with Crippen molar-refractivity contribution in [2.45, 2.75) is 62.7 Å². The summed E-state index contributed by atoms with van der Waals surface area (Å²) in [6.45, 7) is 1.39. The number of methoxy groups -OCH3 is 2. The first-order valence-electron chi connectivity index (χ1n) is 13.2. The maximum Gasteiger partial charge on any atom is 0.251 e. The lowest BCUT2D eigenvalue weighted by atomic mass is 9.79. The van der Waals surface area contributed by atoms with Crippen LogP contribution in [-0.2, 0) is 4.74 Å². The molecular formula is C29H35NO6. The second-order valence-corrected chi connectivity index (χ2v) is 10.7. The van der Waals surface area contributed by atoms with E-state index in [0.29, 0.717) is 47.9 Å². The Labute approximate surface area is 212 Å². The summed E-state index contributed by atoms with van der Waals surface area (Å²) in [4.78, 5) is 13.4. The Morgan fingerprint density at radius 1 is 0.833 bits per heavy atom. The van der Waals surface area contributed by atoms with Crippen molar-refractivity contribution < 1.29 is 28.5 Å². The van der Waals surface area contributed by atoms with Gasteiger partial charge >= 0.3 is 0 Å². The van der Waals surface area contributed by atoms with E-state index in [-0.39, 0.29) is 30.1 Å². The molecule has 0 bridgehead atoms. The second-order valence-electron chi connectivity index (χ2n) is 10.7. The molecule has 1 N–H and O–H groups in total. The van der Waals surface area contributed by atoms with Crippen LogP contribution < -0.4 is 24.3 Å². The van der Waals surface area contributed by atoms with Crippen LogP contribution in [0, 0.1) is 11.8 Å². The van der Waals surface area contributed by atoms with Crippen LogP contribution in [-0.4, -0.2) is 51.6 Å². The Morgan fingerprint density at radius 3 is 2.19 bits per heavy atom. The summed E-state index contributed by atoms with van der Waals surface area (Å²) in [6, 6.07) is 11.5. The Balaban J connectivity index is 1.19. The zero-order chi connectivity index (χ0) is 24.6. The van der Waals surface area contributed by atoms with Crippen LogP contribution in [0.2, 0.25) is 0 Å². The van der Waals surface area contributed by atoms with E-state index in [0.717, 1.165) is 24.2 Å². The van der Waals surface area contributed by atoms with Crippen molar-refractivity contribution in [2.75, 3.05) is 27.4 Å². The summed E-state index contributed by atoms with van der Waals surface area (Å²) in [5.74, 6) is 4.08. The molecule has 1 heterocycles. The Hall–Kier alpha value is -2.93. The number of rotatable bonds is 11. The molecule has 7 heteroatoms. The van der Waals surface area contributed by atoms with Crippen molar-refractivity contribution in [1.29, 1.82) is 0 Å². The molecule has 192 valence electrons. The van der Waals surface area contributed by atoms with Crippen LogP contribution in [0.5, 0.6) is 23.0 Å². The van der Waals surface area contributed by atoms with Gasteiger partial charge in [0.2, 0.25) is 0 Å². The van der Waals surface area contributed by atoms with Crippen LogP contribution in [0.1, 0.15) is 60.4 Å². The Bertz CT molecular complexity index is 1110. The highest BCUT2D eigenvalue weighted by atomic mass is 16.6. The molecule has 4 fully saturated rings. The van der Waals surface area contributed by atoms with Crippen molar-refractivity contribution >= 4 is 5.91 Å². The van der Waals surface area contributed by atoms with Gasteiger partial charge < -0.3 is 29.0 Å². The van der Waals surface area contributed by atoms with Crippen molar-refractivity contribution in [3.05, 3.63) is 47.5 Å². The number of nitrogens with one attached hydrogen (secondary N) is 1. The molecule has 2 aromatic rings. The lowest BCUT2D eigenvalue weighted by Crippen LogP contribution is -2.43. The number of hydrogen-bond acceptors (Lipinski definition) is 6. The van der Waals surface area contributed by atoms with Crippen molar-refractivity contribution in [2.24, 2.45) is 11.8 Å². The summed E-state index contributed by atoms with van der Waals surface area (Å²) < 4.78 is 28.9. The van der Waals surface area contributed by atoms with Crippen molar-refractivity contribution in [3.63, 3.8) is 0 Å².